The summed E-state index contributed by atoms with van der Waals surface area (Å²) in [6, 6.07) is 0.633. The number of aromatic nitrogens is 2. The van der Waals surface area contributed by atoms with Crippen molar-refractivity contribution >= 4 is 27.4 Å². The lowest BCUT2D eigenvalue weighted by Gasteiger charge is -2.32. The number of morpholine rings is 1. The Labute approximate surface area is 134 Å². The number of ether oxygens (including phenoxy) is 1. The van der Waals surface area contributed by atoms with Crippen molar-refractivity contribution in [3.63, 3.8) is 0 Å². The number of hydrogen-bond acceptors (Lipinski definition) is 6. The number of aryl methyl sites for hydroxylation is 2. The molecule has 118 valence electrons. The highest BCUT2D eigenvalue weighted by Crippen LogP contribution is 2.33. The number of rotatable bonds is 2. The summed E-state index contributed by atoms with van der Waals surface area (Å²) in [6.07, 6.45) is 1.22. The molecule has 0 amide bonds. The maximum absolute atomic E-state index is 5.47. The minimum Gasteiger partial charge on any atom is -0.379 e. The van der Waals surface area contributed by atoms with Crippen LogP contribution in [-0.4, -0.2) is 60.3 Å². The van der Waals surface area contributed by atoms with Crippen LogP contribution in [0.25, 0.3) is 10.2 Å². The summed E-state index contributed by atoms with van der Waals surface area (Å²) in [5.41, 5.74) is 1.30. The zero-order valence-corrected chi connectivity index (χ0v) is 14.0. The molecule has 0 aromatic carbocycles. The van der Waals surface area contributed by atoms with Crippen LogP contribution in [0.15, 0.2) is 5.38 Å². The molecule has 4 heterocycles. The first-order chi connectivity index (χ1) is 10.7. The van der Waals surface area contributed by atoms with Crippen molar-refractivity contribution in [1.29, 1.82) is 0 Å². The summed E-state index contributed by atoms with van der Waals surface area (Å²) in [5, 5.41) is 3.44. The van der Waals surface area contributed by atoms with Crippen molar-refractivity contribution in [2.24, 2.45) is 0 Å². The highest BCUT2D eigenvalue weighted by Gasteiger charge is 2.30. The van der Waals surface area contributed by atoms with E-state index in [2.05, 4.69) is 27.1 Å². The van der Waals surface area contributed by atoms with Crippen molar-refractivity contribution < 1.29 is 4.74 Å². The lowest BCUT2D eigenvalue weighted by atomic mass is 10.2. The van der Waals surface area contributed by atoms with E-state index in [4.69, 9.17) is 9.72 Å². The van der Waals surface area contributed by atoms with Gasteiger partial charge in [-0.3, -0.25) is 4.90 Å². The first-order valence-electron chi connectivity index (χ1n) is 8.01. The molecular weight excluding hydrogens is 296 g/mol. The minimum absolute atomic E-state index is 0.633. The Bertz CT molecular complexity index is 680. The summed E-state index contributed by atoms with van der Waals surface area (Å²) < 4.78 is 5.47. The topological polar surface area (TPSA) is 41.5 Å². The lowest BCUT2D eigenvalue weighted by Crippen LogP contribution is -2.44. The lowest BCUT2D eigenvalue weighted by molar-refractivity contribution is 0.0209. The quantitative estimate of drug-likeness (QED) is 0.849. The Morgan fingerprint density at radius 3 is 2.82 bits per heavy atom. The Balaban J connectivity index is 1.61. The molecule has 4 rings (SSSR count). The van der Waals surface area contributed by atoms with E-state index < -0.39 is 0 Å². The van der Waals surface area contributed by atoms with E-state index >= 15 is 0 Å². The molecule has 0 saturated carbocycles. The summed E-state index contributed by atoms with van der Waals surface area (Å²) in [4.78, 5) is 15.5. The number of anilines is 1. The van der Waals surface area contributed by atoms with Gasteiger partial charge in [-0.25, -0.2) is 9.97 Å². The van der Waals surface area contributed by atoms with Crippen LogP contribution < -0.4 is 4.90 Å². The molecule has 0 aliphatic carbocycles. The Hall–Kier alpha value is -1.24. The molecule has 2 aromatic heterocycles. The van der Waals surface area contributed by atoms with Crippen LogP contribution in [0.5, 0.6) is 0 Å². The molecule has 0 bridgehead atoms. The fraction of sp³-hybridized carbons (Fsp3) is 0.625. The molecule has 0 spiro atoms. The average molecular weight is 318 g/mol. The van der Waals surface area contributed by atoms with Gasteiger partial charge in [0.05, 0.1) is 18.6 Å². The van der Waals surface area contributed by atoms with Gasteiger partial charge in [0.2, 0.25) is 0 Å². The van der Waals surface area contributed by atoms with E-state index in [1.54, 1.807) is 11.3 Å². The molecule has 5 nitrogen and oxygen atoms in total. The minimum atomic E-state index is 0.633. The summed E-state index contributed by atoms with van der Waals surface area (Å²) >= 11 is 1.73. The molecule has 2 aromatic rings. The predicted molar refractivity (Wildman–Crippen MR) is 89.9 cm³/mol. The van der Waals surface area contributed by atoms with Crippen molar-refractivity contribution in [2.75, 3.05) is 44.3 Å². The molecule has 22 heavy (non-hydrogen) atoms. The van der Waals surface area contributed by atoms with Crippen molar-refractivity contribution in [2.45, 2.75) is 26.3 Å². The van der Waals surface area contributed by atoms with Gasteiger partial charge in [-0.1, -0.05) is 0 Å². The smallest absolute Gasteiger partial charge is 0.141 e. The van der Waals surface area contributed by atoms with Crippen LogP contribution in [0.2, 0.25) is 0 Å². The van der Waals surface area contributed by atoms with Gasteiger partial charge in [0.25, 0.3) is 0 Å². The van der Waals surface area contributed by atoms with Gasteiger partial charge in [-0.2, -0.15) is 0 Å². The number of thiophene rings is 1. The number of fused-ring (bicyclic) bond motifs is 1. The fourth-order valence-corrected chi connectivity index (χ4v) is 4.53. The van der Waals surface area contributed by atoms with E-state index in [1.165, 1.54) is 17.4 Å². The summed E-state index contributed by atoms with van der Waals surface area (Å²) in [6.45, 7) is 10.2. The average Bonchev–Trinajstić information content (AvgIpc) is 3.15. The normalized spacial score (nSPS) is 23.5. The van der Waals surface area contributed by atoms with Gasteiger partial charge in [0.15, 0.2) is 0 Å². The zero-order chi connectivity index (χ0) is 15.1. The van der Waals surface area contributed by atoms with Gasteiger partial charge in [0, 0.05) is 32.2 Å². The molecule has 2 aliphatic rings. The van der Waals surface area contributed by atoms with Crippen LogP contribution in [0.3, 0.4) is 0 Å². The summed E-state index contributed by atoms with van der Waals surface area (Å²) in [5.74, 6) is 2.01. The van der Waals surface area contributed by atoms with Crippen molar-refractivity contribution in [3.05, 3.63) is 16.8 Å². The van der Waals surface area contributed by atoms with Crippen LogP contribution in [0.4, 0.5) is 5.82 Å². The third-order valence-corrected chi connectivity index (χ3v) is 5.73. The van der Waals surface area contributed by atoms with E-state index in [0.29, 0.717) is 6.04 Å². The van der Waals surface area contributed by atoms with Gasteiger partial charge in [-0.15, -0.1) is 11.3 Å². The first kappa shape index (κ1) is 14.4. The van der Waals surface area contributed by atoms with Crippen LogP contribution >= 0.6 is 11.3 Å². The molecule has 6 heteroatoms. The third-order valence-electron chi connectivity index (χ3n) is 4.74. The van der Waals surface area contributed by atoms with Crippen molar-refractivity contribution in [1.82, 2.24) is 14.9 Å². The Morgan fingerprint density at radius 2 is 2.00 bits per heavy atom. The fourth-order valence-electron chi connectivity index (χ4n) is 3.57. The largest absolute Gasteiger partial charge is 0.379 e. The molecule has 0 N–H and O–H groups in total. The second kappa shape index (κ2) is 5.76. The maximum Gasteiger partial charge on any atom is 0.141 e. The van der Waals surface area contributed by atoms with E-state index in [1.807, 2.05) is 6.92 Å². The standard InChI is InChI=1S/C16H22N4OS/c1-11-10-22-16-14(11)15(17-12(2)18-16)20-4-3-13(9-20)19-5-7-21-8-6-19/h10,13H,3-9H2,1-2H3. The molecule has 2 aliphatic heterocycles. The Kier molecular flexibility index (Phi) is 3.76. The second-order valence-corrected chi connectivity index (χ2v) is 7.09. The van der Waals surface area contributed by atoms with Crippen LogP contribution in [-0.2, 0) is 4.74 Å². The zero-order valence-electron chi connectivity index (χ0n) is 13.2. The third kappa shape index (κ3) is 2.49. The van der Waals surface area contributed by atoms with E-state index in [0.717, 1.165) is 55.9 Å². The summed E-state index contributed by atoms with van der Waals surface area (Å²) in [7, 11) is 0. The van der Waals surface area contributed by atoms with Gasteiger partial charge < -0.3 is 9.64 Å². The van der Waals surface area contributed by atoms with Crippen LogP contribution in [0.1, 0.15) is 17.8 Å². The first-order valence-corrected chi connectivity index (χ1v) is 8.89. The predicted octanol–water partition coefficient (Wildman–Crippen LogP) is 2.22. The number of hydrogen-bond donors (Lipinski definition) is 0. The number of nitrogens with zero attached hydrogens (tertiary/aromatic N) is 4. The SMILES string of the molecule is Cc1nc(N2CCC(N3CCOCC3)C2)c2c(C)csc2n1. The van der Waals surface area contributed by atoms with Crippen molar-refractivity contribution in [3.8, 4) is 0 Å². The molecule has 1 atom stereocenters. The highest BCUT2D eigenvalue weighted by atomic mass is 32.1. The monoisotopic (exact) mass is 318 g/mol. The van der Waals surface area contributed by atoms with Gasteiger partial charge >= 0.3 is 0 Å². The molecule has 2 fully saturated rings. The van der Waals surface area contributed by atoms with Gasteiger partial charge in [0.1, 0.15) is 16.5 Å². The molecule has 0 radical (unpaired) electrons. The van der Waals surface area contributed by atoms with E-state index in [9.17, 15) is 0 Å². The Morgan fingerprint density at radius 1 is 1.18 bits per heavy atom. The molecule has 1 unspecified atom stereocenters. The second-order valence-electron chi connectivity index (χ2n) is 6.23. The highest BCUT2D eigenvalue weighted by molar-refractivity contribution is 7.17. The maximum atomic E-state index is 5.47. The van der Waals surface area contributed by atoms with Gasteiger partial charge in [-0.05, 0) is 31.2 Å². The van der Waals surface area contributed by atoms with E-state index in [-0.39, 0.29) is 0 Å². The molecule has 2 saturated heterocycles. The molecular formula is C16H22N4OS. The van der Waals surface area contributed by atoms with Crippen LogP contribution in [0, 0.1) is 13.8 Å².